The van der Waals surface area contributed by atoms with Crippen molar-refractivity contribution in [3.63, 3.8) is 0 Å². The van der Waals surface area contributed by atoms with Gasteiger partial charge in [0.1, 0.15) is 0 Å². The van der Waals surface area contributed by atoms with Crippen molar-refractivity contribution < 1.29 is 9.59 Å². The summed E-state index contributed by atoms with van der Waals surface area (Å²) in [5.74, 6) is 0.174. The first-order valence-corrected chi connectivity index (χ1v) is 6.61. The van der Waals surface area contributed by atoms with Crippen molar-refractivity contribution in [2.75, 3.05) is 26.7 Å². The highest BCUT2D eigenvalue weighted by Gasteiger charge is 2.22. The molecule has 2 N–H and O–H groups in total. The summed E-state index contributed by atoms with van der Waals surface area (Å²) in [6.45, 7) is 9.32. The predicted octanol–water partition coefficient (Wildman–Crippen LogP) is 0.687. The van der Waals surface area contributed by atoms with Gasteiger partial charge >= 0.3 is 0 Å². The number of nitrogens with zero attached hydrogens (tertiary/aromatic N) is 2. The number of nitrogens with two attached hydrogens (primary N) is 1. The van der Waals surface area contributed by atoms with Crippen LogP contribution in [0.5, 0.6) is 0 Å². The summed E-state index contributed by atoms with van der Waals surface area (Å²) in [4.78, 5) is 26.9. The molecule has 5 nitrogen and oxygen atoms in total. The van der Waals surface area contributed by atoms with Crippen LogP contribution in [0, 0.1) is 5.92 Å². The van der Waals surface area contributed by atoms with Gasteiger partial charge in [-0.15, -0.1) is 0 Å². The summed E-state index contributed by atoms with van der Waals surface area (Å²) >= 11 is 0. The zero-order chi connectivity index (χ0) is 14.3. The van der Waals surface area contributed by atoms with Crippen LogP contribution in [0.15, 0.2) is 0 Å². The number of hydrogen-bond donors (Lipinski definition) is 1. The Balaban J connectivity index is 4.35. The normalized spacial score (nSPS) is 12.4. The average Bonchev–Trinajstić information content (AvgIpc) is 2.28. The predicted molar refractivity (Wildman–Crippen MR) is 73.0 cm³/mol. The van der Waals surface area contributed by atoms with Gasteiger partial charge in [0.2, 0.25) is 11.8 Å². The first-order chi connectivity index (χ1) is 8.33. The van der Waals surface area contributed by atoms with Gasteiger partial charge in [-0.25, -0.2) is 0 Å². The molecule has 0 bridgehead atoms. The van der Waals surface area contributed by atoms with E-state index in [1.165, 1.54) is 4.90 Å². The lowest BCUT2D eigenvalue weighted by Crippen LogP contribution is -2.47. The van der Waals surface area contributed by atoms with Crippen molar-refractivity contribution in [3.05, 3.63) is 0 Å². The molecule has 0 aromatic carbocycles. The molecule has 106 valence electrons. The summed E-state index contributed by atoms with van der Waals surface area (Å²) < 4.78 is 0. The van der Waals surface area contributed by atoms with Crippen molar-refractivity contribution in [2.24, 2.45) is 11.7 Å². The molecular formula is C13H27N3O2. The van der Waals surface area contributed by atoms with E-state index < -0.39 is 6.04 Å². The van der Waals surface area contributed by atoms with E-state index in [1.807, 2.05) is 27.7 Å². The molecule has 1 atom stereocenters. The van der Waals surface area contributed by atoms with Crippen LogP contribution in [0.2, 0.25) is 0 Å². The Kier molecular flexibility index (Phi) is 7.59. The number of rotatable bonds is 7. The van der Waals surface area contributed by atoms with Gasteiger partial charge in [-0.05, 0) is 26.2 Å². The molecule has 2 amide bonds. The van der Waals surface area contributed by atoms with Crippen LogP contribution in [-0.2, 0) is 9.59 Å². The first kappa shape index (κ1) is 16.9. The molecule has 0 aliphatic heterocycles. The Morgan fingerprint density at radius 2 is 1.67 bits per heavy atom. The van der Waals surface area contributed by atoms with E-state index in [2.05, 4.69) is 0 Å². The Hall–Kier alpha value is -1.10. The summed E-state index contributed by atoms with van der Waals surface area (Å²) in [6.07, 6.45) is 0.642. The second-order valence-electron chi connectivity index (χ2n) is 5.00. The van der Waals surface area contributed by atoms with Gasteiger partial charge in [0.25, 0.3) is 0 Å². The van der Waals surface area contributed by atoms with E-state index in [9.17, 15) is 9.59 Å². The van der Waals surface area contributed by atoms with Crippen LogP contribution in [0.3, 0.4) is 0 Å². The van der Waals surface area contributed by atoms with Crippen molar-refractivity contribution in [3.8, 4) is 0 Å². The second-order valence-corrected chi connectivity index (χ2v) is 5.00. The van der Waals surface area contributed by atoms with E-state index in [0.29, 0.717) is 25.4 Å². The average molecular weight is 257 g/mol. The van der Waals surface area contributed by atoms with E-state index in [0.717, 1.165) is 0 Å². The van der Waals surface area contributed by atoms with Crippen LogP contribution in [0.4, 0.5) is 0 Å². The maximum absolute atomic E-state index is 11.9. The Bertz CT molecular complexity index is 275. The summed E-state index contributed by atoms with van der Waals surface area (Å²) in [5, 5.41) is 0. The number of amides is 2. The minimum Gasteiger partial charge on any atom is -0.342 e. The van der Waals surface area contributed by atoms with Crippen LogP contribution in [0.1, 0.15) is 34.1 Å². The molecule has 0 saturated carbocycles. The molecule has 0 rings (SSSR count). The number of hydrogen-bond acceptors (Lipinski definition) is 3. The molecule has 0 saturated heterocycles. The van der Waals surface area contributed by atoms with E-state index in [1.54, 1.807) is 11.9 Å². The fourth-order valence-corrected chi connectivity index (χ4v) is 1.85. The molecule has 0 radical (unpaired) electrons. The highest BCUT2D eigenvalue weighted by molar-refractivity contribution is 5.87. The smallest absolute Gasteiger partial charge is 0.242 e. The lowest BCUT2D eigenvalue weighted by Gasteiger charge is -2.25. The van der Waals surface area contributed by atoms with Crippen molar-refractivity contribution in [1.29, 1.82) is 0 Å². The van der Waals surface area contributed by atoms with Gasteiger partial charge in [-0.1, -0.05) is 13.8 Å². The lowest BCUT2D eigenvalue weighted by molar-refractivity contribution is -0.140. The van der Waals surface area contributed by atoms with E-state index in [-0.39, 0.29) is 18.4 Å². The van der Waals surface area contributed by atoms with Gasteiger partial charge < -0.3 is 15.5 Å². The quantitative estimate of drug-likeness (QED) is 0.729. The number of carbonyl (C=O) groups excluding carboxylic acids is 2. The topological polar surface area (TPSA) is 66.6 Å². The molecule has 5 heteroatoms. The van der Waals surface area contributed by atoms with Gasteiger partial charge in [0.15, 0.2) is 0 Å². The summed E-state index contributed by atoms with van der Waals surface area (Å²) in [5.41, 5.74) is 5.82. The third-order valence-electron chi connectivity index (χ3n) is 2.91. The molecule has 0 aromatic rings. The van der Waals surface area contributed by atoms with E-state index in [4.69, 9.17) is 5.73 Å². The highest BCUT2D eigenvalue weighted by atomic mass is 16.2. The third-order valence-corrected chi connectivity index (χ3v) is 2.91. The zero-order valence-corrected chi connectivity index (χ0v) is 12.3. The number of likely N-dealkylation sites (N-methyl/N-ethyl adjacent to an activating group) is 2. The van der Waals surface area contributed by atoms with Crippen LogP contribution < -0.4 is 5.73 Å². The molecule has 18 heavy (non-hydrogen) atoms. The molecule has 0 spiro atoms. The number of carbonyl (C=O) groups is 2. The van der Waals surface area contributed by atoms with Crippen molar-refractivity contribution in [1.82, 2.24) is 9.80 Å². The summed E-state index contributed by atoms with van der Waals surface area (Å²) in [6, 6.07) is -0.514. The molecule has 1 unspecified atom stereocenters. The SMILES string of the molecule is CCN(CC)C(=O)CN(C)C(=O)C(N)CC(C)C. The maximum Gasteiger partial charge on any atom is 0.242 e. The Morgan fingerprint density at radius 3 is 2.06 bits per heavy atom. The van der Waals surface area contributed by atoms with Crippen molar-refractivity contribution >= 4 is 11.8 Å². The second kappa shape index (κ2) is 8.08. The summed E-state index contributed by atoms with van der Waals surface area (Å²) in [7, 11) is 1.63. The van der Waals surface area contributed by atoms with Crippen LogP contribution >= 0.6 is 0 Å². The fourth-order valence-electron chi connectivity index (χ4n) is 1.85. The minimum absolute atomic E-state index is 0.0346. The third kappa shape index (κ3) is 5.49. The standard InChI is InChI=1S/C13H27N3O2/c1-6-16(7-2)12(17)9-15(5)13(18)11(14)8-10(3)4/h10-11H,6-9,14H2,1-5H3. The Morgan fingerprint density at radius 1 is 1.17 bits per heavy atom. The molecule has 0 aromatic heterocycles. The van der Waals surface area contributed by atoms with E-state index >= 15 is 0 Å². The lowest BCUT2D eigenvalue weighted by atomic mass is 10.0. The van der Waals surface area contributed by atoms with Gasteiger partial charge in [0, 0.05) is 20.1 Å². The monoisotopic (exact) mass is 257 g/mol. The van der Waals surface area contributed by atoms with Gasteiger partial charge in [-0.3, -0.25) is 9.59 Å². The minimum atomic E-state index is -0.514. The molecular weight excluding hydrogens is 230 g/mol. The maximum atomic E-state index is 11.9. The molecule has 0 heterocycles. The Labute approximate surface area is 110 Å². The molecule has 0 aliphatic carbocycles. The molecule has 0 fully saturated rings. The van der Waals surface area contributed by atoms with Gasteiger partial charge in [-0.2, -0.15) is 0 Å². The first-order valence-electron chi connectivity index (χ1n) is 6.61. The van der Waals surface area contributed by atoms with Crippen LogP contribution in [-0.4, -0.2) is 54.3 Å². The largest absolute Gasteiger partial charge is 0.342 e. The zero-order valence-electron chi connectivity index (χ0n) is 12.3. The highest BCUT2D eigenvalue weighted by Crippen LogP contribution is 2.05. The fraction of sp³-hybridized carbons (Fsp3) is 0.846. The van der Waals surface area contributed by atoms with Crippen molar-refractivity contribution in [2.45, 2.75) is 40.2 Å². The van der Waals surface area contributed by atoms with Gasteiger partial charge in [0.05, 0.1) is 12.6 Å². The molecule has 0 aliphatic rings. The van der Waals surface area contributed by atoms with Crippen LogP contribution in [0.25, 0.3) is 0 Å².